The second-order valence-electron chi connectivity index (χ2n) is 8.54. The maximum atomic E-state index is 13.5. The average Bonchev–Trinajstić information content (AvgIpc) is 3.39. The molecule has 6 nitrogen and oxygen atoms in total. The molecule has 5 rings (SSSR count). The molecule has 1 aromatic heterocycles. The number of rotatable bonds is 6. The molecular formula is C26H30N4O2. The molecule has 0 N–H and O–H groups in total. The number of carbonyl (C=O) groups excluding carboxylic acids is 1. The van der Waals surface area contributed by atoms with Gasteiger partial charge in [-0.05, 0) is 37.1 Å². The number of aromatic nitrogens is 1. The molecule has 3 aromatic rings. The van der Waals surface area contributed by atoms with Crippen molar-refractivity contribution in [2.45, 2.75) is 12.8 Å². The van der Waals surface area contributed by atoms with Gasteiger partial charge >= 0.3 is 0 Å². The summed E-state index contributed by atoms with van der Waals surface area (Å²) in [5.41, 5.74) is 1.70. The van der Waals surface area contributed by atoms with Crippen LogP contribution in [0.15, 0.2) is 60.7 Å². The van der Waals surface area contributed by atoms with Crippen LogP contribution < -0.4 is 9.64 Å². The van der Waals surface area contributed by atoms with Crippen molar-refractivity contribution in [3.8, 4) is 5.75 Å². The molecule has 0 unspecified atom stereocenters. The normalized spacial score (nSPS) is 17.1. The topological polar surface area (TPSA) is 48.9 Å². The molecule has 2 aromatic carbocycles. The van der Waals surface area contributed by atoms with Crippen molar-refractivity contribution in [2.24, 2.45) is 0 Å². The Kier molecular flexibility index (Phi) is 6.21. The number of ether oxygens (including phenoxy) is 1. The standard InChI is InChI=1S/C26H30N4O2/c31-26(30-16-14-28(15-17-30)18-19-32-22-9-2-1-3-10-22)23-20-21-8-4-5-11-24(21)27-25(23)29-12-6-7-13-29/h1-5,8-11,20H,6-7,12-19H2. The third-order valence-corrected chi connectivity index (χ3v) is 6.42. The Bertz CT molecular complexity index is 1060. The zero-order valence-electron chi connectivity index (χ0n) is 18.4. The summed E-state index contributed by atoms with van der Waals surface area (Å²) in [7, 11) is 0. The van der Waals surface area contributed by atoms with Crippen molar-refractivity contribution in [1.82, 2.24) is 14.8 Å². The first-order valence-corrected chi connectivity index (χ1v) is 11.6. The number of piperazine rings is 1. The van der Waals surface area contributed by atoms with E-state index in [4.69, 9.17) is 9.72 Å². The van der Waals surface area contributed by atoms with E-state index in [2.05, 4.69) is 9.80 Å². The molecule has 6 heteroatoms. The maximum absolute atomic E-state index is 13.5. The largest absolute Gasteiger partial charge is 0.492 e. The molecule has 0 spiro atoms. The smallest absolute Gasteiger partial charge is 0.257 e. The van der Waals surface area contributed by atoms with Crippen molar-refractivity contribution >= 4 is 22.6 Å². The second kappa shape index (κ2) is 9.57. The monoisotopic (exact) mass is 430 g/mol. The molecule has 2 aliphatic heterocycles. The molecular weight excluding hydrogens is 400 g/mol. The van der Waals surface area contributed by atoms with E-state index in [1.807, 2.05) is 65.6 Å². The summed E-state index contributed by atoms with van der Waals surface area (Å²) in [6.07, 6.45) is 2.32. The highest BCUT2D eigenvalue weighted by atomic mass is 16.5. The van der Waals surface area contributed by atoms with E-state index in [0.717, 1.165) is 86.7 Å². The number of benzene rings is 2. The molecule has 166 valence electrons. The number of hydrogen-bond donors (Lipinski definition) is 0. The van der Waals surface area contributed by atoms with E-state index < -0.39 is 0 Å². The quantitative estimate of drug-likeness (QED) is 0.597. The lowest BCUT2D eigenvalue weighted by atomic mass is 10.1. The lowest BCUT2D eigenvalue weighted by molar-refractivity contribution is 0.0620. The van der Waals surface area contributed by atoms with Gasteiger partial charge in [0.1, 0.15) is 18.2 Å². The zero-order chi connectivity index (χ0) is 21.8. The third-order valence-electron chi connectivity index (χ3n) is 6.42. The fourth-order valence-electron chi connectivity index (χ4n) is 4.59. The SMILES string of the molecule is O=C(c1cc2ccccc2nc1N1CCCC1)N1CCN(CCOc2ccccc2)CC1. The molecule has 2 aliphatic rings. The van der Waals surface area contributed by atoms with Gasteiger partial charge in [0.25, 0.3) is 5.91 Å². The Labute approximate surface area is 189 Å². The lowest BCUT2D eigenvalue weighted by Crippen LogP contribution is -2.49. The minimum atomic E-state index is 0.102. The van der Waals surface area contributed by atoms with Crippen LogP contribution in [-0.4, -0.2) is 73.1 Å². The minimum Gasteiger partial charge on any atom is -0.492 e. The number of hydrogen-bond acceptors (Lipinski definition) is 5. The number of pyridine rings is 1. The van der Waals surface area contributed by atoms with Crippen LogP contribution in [0.5, 0.6) is 5.75 Å². The number of para-hydroxylation sites is 2. The van der Waals surface area contributed by atoms with Gasteiger partial charge in [0.05, 0.1) is 11.1 Å². The number of amides is 1. The molecule has 0 bridgehead atoms. The van der Waals surface area contributed by atoms with E-state index in [1.165, 1.54) is 0 Å². The lowest BCUT2D eigenvalue weighted by Gasteiger charge is -2.35. The van der Waals surface area contributed by atoms with Crippen LogP contribution in [0.4, 0.5) is 5.82 Å². The molecule has 0 aliphatic carbocycles. The van der Waals surface area contributed by atoms with Crippen LogP contribution >= 0.6 is 0 Å². The van der Waals surface area contributed by atoms with Gasteiger partial charge in [0.15, 0.2) is 0 Å². The molecule has 3 heterocycles. The Morgan fingerprint density at radius 1 is 0.875 bits per heavy atom. The van der Waals surface area contributed by atoms with Crippen molar-refractivity contribution in [1.29, 1.82) is 0 Å². The Morgan fingerprint density at radius 2 is 1.59 bits per heavy atom. The highest BCUT2D eigenvalue weighted by molar-refractivity contribution is 6.02. The van der Waals surface area contributed by atoms with Gasteiger partial charge in [0, 0.05) is 51.2 Å². The Morgan fingerprint density at radius 3 is 2.38 bits per heavy atom. The Hall–Kier alpha value is -3.12. The van der Waals surface area contributed by atoms with Crippen LogP contribution in [0.2, 0.25) is 0 Å². The predicted molar refractivity (Wildman–Crippen MR) is 127 cm³/mol. The van der Waals surface area contributed by atoms with Gasteiger partial charge in [-0.15, -0.1) is 0 Å². The van der Waals surface area contributed by atoms with Crippen LogP contribution in [0, 0.1) is 0 Å². The van der Waals surface area contributed by atoms with E-state index in [0.29, 0.717) is 6.61 Å². The number of fused-ring (bicyclic) bond motifs is 1. The number of carbonyl (C=O) groups is 1. The average molecular weight is 431 g/mol. The third kappa shape index (κ3) is 4.55. The summed E-state index contributed by atoms with van der Waals surface area (Å²) in [6, 6.07) is 20.0. The van der Waals surface area contributed by atoms with Crippen molar-refractivity contribution in [2.75, 3.05) is 57.3 Å². The van der Waals surface area contributed by atoms with E-state index in [-0.39, 0.29) is 5.91 Å². The van der Waals surface area contributed by atoms with E-state index in [9.17, 15) is 4.79 Å². The van der Waals surface area contributed by atoms with Crippen molar-refractivity contribution < 1.29 is 9.53 Å². The van der Waals surface area contributed by atoms with Crippen LogP contribution in [0.3, 0.4) is 0 Å². The molecule has 0 atom stereocenters. The highest BCUT2D eigenvalue weighted by Crippen LogP contribution is 2.28. The van der Waals surface area contributed by atoms with Gasteiger partial charge in [-0.3, -0.25) is 9.69 Å². The van der Waals surface area contributed by atoms with Crippen LogP contribution in [-0.2, 0) is 0 Å². The predicted octanol–water partition coefficient (Wildman–Crippen LogP) is 3.67. The zero-order valence-corrected chi connectivity index (χ0v) is 18.4. The number of anilines is 1. The Balaban J connectivity index is 1.24. The van der Waals surface area contributed by atoms with Gasteiger partial charge in [0.2, 0.25) is 0 Å². The fraction of sp³-hybridized carbons (Fsp3) is 0.385. The van der Waals surface area contributed by atoms with Gasteiger partial charge in [-0.1, -0.05) is 36.4 Å². The first kappa shape index (κ1) is 20.8. The summed E-state index contributed by atoms with van der Waals surface area (Å²) in [6.45, 7) is 6.67. The summed E-state index contributed by atoms with van der Waals surface area (Å²) in [5, 5.41) is 1.02. The second-order valence-corrected chi connectivity index (χ2v) is 8.54. The molecule has 32 heavy (non-hydrogen) atoms. The molecule has 0 radical (unpaired) electrons. The van der Waals surface area contributed by atoms with Crippen molar-refractivity contribution in [3.63, 3.8) is 0 Å². The molecule has 1 amide bonds. The first-order valence-electron chi connectivity index (χ1n) is 11.6. The molecule has 2 fully saturated rings. The summed E-state index contributed by atoms with van der Waals surface area (Å²) < 4.78 is 5.83. The molecule has 2 saturated heterocycles. The van der Waals surface area contributed by atoms with Crippen LogP contribution in [0.1, 0.15) is 23.2 Å². The van der Waals surface area contributed by atoms with Gasteiger partial charge < -0.3 is 14.5 Å². The minimum absolute atomic E-state index is 0.102. The first-order chi connectivity index (χ1) is 15.8. The summed E-state index contributed by atoms with van der Waals surface area (Å²) >= 11 is 0. The fourth-order valence-corrected chi connectivity index (χ4v) is 4.59. The van der Waals surface area contributed by atoms with Gasteiger partial charge in [-0.2, -0.15) is 0 Å². The van der Waals surface area contributed by atoms with Gasteiger partial charge in [-0.25, -0.2) is 4.98 Å². The molecule has 0 saturated carbocycles. The highest BCUT2D eigenvalue weighted by Gasteiger charge is 2.27. The van der Waals surface area contributed by atoms with Crippen molar-refractivity contribution in [3.05, 3.63) is 66.2 Å². The van der Waals surface area contributed by atoms with Crippen LogP contribution in [0.25, 0.3) is 10.9 Å². The summed E-state index contributed by atoms with van der Waals surface area (Å²) in [5.74, 6) is 1.86. The number of nitrogens with zero attached hydrogens (tertiary/aromatic N) is 4. The van der Waals surface area contributed by atoms with E-state index >= 15 is 0 Å². The maximum Gasteiger partial charge on any atom is 0.257 e. The summed E-state index contributed by atoms with van der Waals surface area (Å²) in [4.78, 5) is 25.1. The van der Waals surface area contributed by atoms with E-state index in [1.54, 1.807) is 0 Å².